The standard InChI is InChI=1S/C21H22F3N7O4S/c1-11-8-13-16(29-4-5-31-14(9-29)27-28-19(31)21(22,23)24)25-20(26-17(13)36-11)35-7-6-30(10-15(32)33)18(34)12-2-3-12/h8,12H,2-7,9-10H2,1H3,(H,32,33). The number of carboxylic acids is 1. The molecular formula is C21H22F3N7O4S. The second-order valence-electron chi connectivity index (χ2n) is 8.69. The third-order valence-corrected chi connectivity index (χ3v) is 6.88. The van der Waals surface area contributed by atoms with E-state index in [9.17, 15) is 22.8 Å². The molecule has 0 bridgehead atoms. The molecule has 1 saturated carbocycles. The van der Waals surface area contributed by atoms with Crippen molar-refractivity contribution in [2.24, 2.45) is 5.92 Å². The minimum absolute atomic E-state index is 0.00961. The van der Waals surface area contributed by atoms with Gasteiger partial charge in [-0.3, -0.25) is 9.59 Å². The van der Waals surface area contributed by atoms with E-state index in [1.165, 1.54) is 16.2 Å². The van der Waals surface area contributed by atoms with Crippen molar-refractivity contribution in [1.29, 1.82) is 0 Å². The van der Waals surface area contributed by atoms with Gasteiger partial charge in [-0.1, -0.05) is 0 Å². The zero-order valence-electron chi connectivity index (χ0n) is 19.2. The lowest BCUT2D eigenvalue weighted by Gasteiger charge is -2.29. The summed E-state index contributed by atoms with van der Waals surface area (Å²) < 4.78 is 46.4. The molecule has 1 aliphatic heterocycles. The number of ether oxygens (including phenoxy) is 1. The summed E-state index contributed by atoms with van der Waals surface area (Å²) >= 11 is 1.42. The lowest BCUT2D eigenvalue weighted by atomic mass is 10.3. The van der Waals surface area contributed by atoms with Gasteiger partial charge < -0.3 is 24.2 Å². The molecule has 5 rings (SSSR count). The number of carbonyl (C=O) groups is 2. The van der Waals surface area contributed by atoms with Gasteiger partial charge in [0.05, 0.1) is 18.5 Å². The topological polar surface area (TPSA) is 127 Å². The first-order chi connectivity index (χ1) is 17.1. The van der Waals surface area contributed by atoms with Crippen LogP contribution in [0.5, 0.6) is 6.01 Å². The maximum absolute atomic E-state index is 13.2. The van der Waals surface area contributed by atoms with Gasteiger partial charge in [0.25, 0.3) is 0 Å². The van der Waals surface area contributed by atoms with Crippen LogP contribution in [0, 0.1) is 12.8 Å². The highest BCUT2D eigenvalue weighted by Crippen LogP contribution is 2.35. The van der Waals surface area contributed by atoms with Crippen molar-refractivity contribution in [3.63, 3.8) is 0 Å². The number of carboxylic acid groups (broad SMARTS) is 1. The molecule has 15 heteroatoms. The Balaban J connectivity index is 1.35. The number of thiophene rings is 1. The fourth-order valence-corrected chi connectivity index (χ4v) is 4.99. The molecule has 0 radical (unpaired) electrons. The molecule has 2 aliphatic rings. The van der Waals surface area contributed by atoms with E-state index in [2.05, 4.69) is 20.2 Å². The van der Waals surface area contributed by atoms with E-state index in [0.29, 0.717) is 10.6 Å². The number of nitrogens with zero attached hydrogens (tertiary/aromatic N) is 7. The van der Waals surface area contributed by atoms with E-state index in [1.54, 1.807) is 4.90 Å². The molecule has 4 heterocycles. The zero-order chi connectivity index (χ0) is 25.6. The Kier molecular flexibility index (Phi) is 6.18. The van der Waals surface area contributed by atoms with Crippen molar-refractivity contribution >= 4 is 39.2 Å². The van der Waals surface area contributed by atoms with Crippen LogP contribution in [0.25, 0.3) is 10.2 Å². The van der Waals surface area contributed by atoms with Crippen molar-refractivity contribution < 1.29 is 32.6 Å². The number of rotatable bonds is 8. The second kappa shape index (κ2) is 9.19. The van der Waals surface area contributed by atoms with Crippen LogP contribution in [0.3, 0.4) is 0 Å². The molecule has 0 unspecified atom stereocenters. The third kappa shape index (κ3) is 4.92. The molecule has 1 amide bonds. The van der Waals surface area contributed by atoms with Gasteiger partial charge in [-0.05, 0) is 25.8 Å². The molecule has 3 aromatic heterocycles. The minimum Gasteiger partial charge on any atom is -0.480 e. The minimum atomic E-state index is -4.59. The van der Waals surface area contributed by atoms with E-state index >= 15 is 0 Å². The van der Waals surface area contributed by atoms with Crippen molar-refractivity contribution in [1.82, 2.24) is 29.6 Å². The molecule has 0 saturated heterocycles. The number of aliphatic carboxylic acids is 1. The summed E-state index contributed by atoms with van der Waals surface area (Å²) in [5, 5.41) is 16.9. The summed E-state index contributed by atoms with van der Waals surface area (Å²) in [4.78, 5) is 37.2. The van der Waals surface area contributed by atoms with Gasteiger partial charge >= 0.3 is 18.2 Å². The summed E-state index contributed by atoms with van der Waals surface area (Å²) in [5.74, 6) is -1.78. The second-order valence-corrected chi connectivity index (χ2v) is 9.93. The Hall–Kier alpha value is -3.49. The van der Waals surface area contributed by atoms with Gasteiger partial charge in [0.1, 0.15) is 23.8 Å². The molecule has 0 spiro atoms. The molecular weight excluding hydrogens is 503 g/mol. The molecule has 3 aromatic rings. The third-order valence-electron chi connectivity index (χ3n) is 5.94. The van der Waals surface area contributed by atoms with Crippen LogP contribution in [0.2, 0.25) is 0 Å². The molecule has 1 N–H and O–H groups in total. The summed E-state index contributed by atoms with van der Waals surface area (Å²) in [5.41, 5.74) is 0. The number of amides is 1. The van der Waals surface area contributed by atoms with E-state index < -0.39 is 24.5 Å². The number of carbonyl (C=O) groups excluding carboxylic acids is 1. The lowest BCUT2D eigenvalue weighted by Crippen LogP contribution is -2.39. The number of hydrogen-bond donors (Lipinski definition) is 1. The molecule has 1 fully saturated rings. The molecule has 0 atom stereocenters. The smallest absolute Gasteiger partial charge is 0.451 e. The van der Waals surface area contributed by atoms with E-state index in [4.69, 9.17) is 9.84 Å². The SMILES string of the molecule is Cc1cc2c(N3CCn4c(nnc4C(F)(F)F)C3)nc(OCCN(CC(=O)O)C(=O)C3CC3)nc2s1. The Morgan fingerprint density at radius 2 is 2.03 bits per heavy atom. The van der Waals surface area contributed by atoms with Gasteiger partial charge in [0.2, 0.25) is 11.7 Å². The predicted octanol–water partition coefficient (Wildman–Crippen LogP) is 2.33. The highest BCUT2D eigenvalue weighted by atomic mass is 32.1. The molecule has 11 nitrogen and oxygen atoms in total. The Bertz CT molecular complexity index is 1320. The number of aromatic nitrogens is 5. The fourth-order valence-electron chi connectivity index (χ4n) is 4.13. The number of hydrogen-bond acceptors (Lipinski definition) is 9. The van der Waals surface area contributed by atoms with Gasteiger partial charge in [-0.15, -0.1) is 21.5 Å². The number of fused-ring (bicyclic) bond motifs is 2. The highest BCUT2D eigenvalue weighted by molar-refractivity contribution is 7.18. The number of alkyl halides is 3. The average molecular weight is 526 g/mol. The Labute approximate surface area is 206 Å². The summed E-state index contributed by atoms with van der Waals surface area (Å²) in [6.45, 7) is 1.91. The van der Waals surface area contributed by atoms with Crippen molar-refractivity contribution in [2.45, 2.75) is 39.0 Å². The maximum Gasteiger partial charge on any atom is 0.451 e. The van der Waals surface area contributed by atoms with Crippen molar-refractivity contribution in [2.75, 3.05) is 31.1 Å². The quantitative estimate of drug-likeness (QED) is 0.471. The number of aryl methyl sites for hydroxylation is 1. The van der Waals surface area contributed by atoms with Crippen LogP contribution in [0.1, 0.15) is 29.4 Å². The Morgan fingerprint density at radius 1 is 1.25 bits per heavy atom. The summed E-state index contributed by atoms with van der Waals surface area (Å²) in [6.07, 6.45) is -3.08. The number of halogens is 3. The molecule has 0 aromatic carbocycles. The highest BCUT2D eigenvalue weighted by Gasteiger charge is 2.40. The first-order valence-corrected chi connectivity index (χ1v) is 12.1. The van der Waals surface area contributed by atoms with Crippen LogP contribution in [-0.4, -0.2) is 72.9 Å². The van der Waals surface area contributed by atoms with Gasteiger partial charge in [-0.2, -0.15) is 23.1 Å². The normalized spacial score (nSPS) is 15.7. The first kappa shape index (κ1) is 24.2. The van der Waals surface area contributed by atoms with E-state index in [-0.39, 0.29) is 56.4 Å². The van der Waals surface area contributed by atoms with Gasteiger partial charge in [0, 0.05) is 23.9 Å². The van der Waals surface area contributed by atoms with Crippen molar-refractivity contribution in [3.05, 3.63) is 22.6 Å². The first-order valence-electron chi connectivity index (χ1n) is 11.3. The number of anilines is 1. The largest absolute Gasteiger partial charge is 0.480 e. The van der Waals surface area contributed by atoms with Gasteiger partial charge in [-0.25, -0.2) is 0 Å². The van der Waals surface area contributed by atoms with Crippen LogP contribution in [-0.2, 0) is 28.9 Å². The van der Waals surface area contributed by atoms with Crippen LogP contribution >= 0.6 is 11.3 Å². The molecule has 192 valence electrons. The summed E-state index contributed by atoms with van der Waals surface area (Å²) in [7, 11) is 0. The molecule has 1 aliphatic carbocycles. The summed E-state index contributed by atoms with van der Waals surface area (Å²) in [6, 6.07) is 1.94. The van der Waals surface area contributed by atoms with Crippen LogP contribution in [0.4, 0.5) is 19.0 Å². The van der Waals surface area contributed by atoms with Crippen LogP contribution < -0.4 is 9.64 Å². The monoisotopic (exact) mass is 525 g/mol. The van der Waals surface area contributed by atoms with Crippen LogP contribution in [0.15, 0.2) is 6.07 Å². The Morgan fingerprint density at radius 3 is 2.72 bits per heavy atom. The van der Waals surface area contributed by atoms with Crippen molar-refractivity contribution in [3.8, 4) is 6.01 Å². The average Bonchev–Trinajstić information content (AvgIpc) is 3.45. The molecule has 36 heavy (non-hydrogen) atoms. The maximum atomic E-state index is 13.2. The van der Waals surface area contributed by atoms with E-state index in [1.807, 2.05) is 13.0 Å². The van der Waals surface area contributed by atoms with Gasteiger partial charge in [0.15, 0.2) is 5.82 Å². The fraction of sp³-hybridized carbons (Fsp3) is 0.524. The van der Waals surface area contributed by atoms with E-state index in [0.717, 1.165) is 27.7 Å². The lowest BCUT2D eigenvalue weighted by molar-refractivity contribution is -0.147. The predicted molar refractivity (Wildman–Crippen MR) is 121 cm³/mol. The zero-order valence-corrected chi connectivity index (χ0v) is 20.0.